The third-order valence-corrected chi connectivity index (χ3v) is 7.88. The van der Waals surface area contributed by atoms with Gasteiger partial charge in [-0.15, -0.1) is 35.3 Å². The summed E-state index contributed by atoms with van der Waals surface area (Å²) in [4.78, 5) is 9.39. The molecule has 1 aliphatic heterocycles. The zero-order valence-electron chi connectivity index (χ0n) is 14.8. The summed E-state index contributed by atoms with van der Waals surface area (Å²) >= 11 is 1.79. The fourth-order valence-electron chi connectivity index (χ4n) is 2.60. The SMILES string of the molecule is CCNC(=NCc1ccc(CC)s1)N1CCS(=O)(=O)C(C)(C)C1.I. The molecule has 1 saturated heterocycles. The van der Waals surface area contributed by atoms with Crippen molar-refractivity contribution in [1.29, 1.82) is 0 Å². The standard InChI is InChI=1S/C16H27N3O2S2.HI/c1-5-13-7-8-14(22-13)11-18-15(17-6-2)19-9-10-23(20,21)16(3,4)12-19;/h7-8H,5-6,9-12H2,1-4H3,(H,17,18);1H. The Balaban J connectivity index is 0.00000288. The number of nitrogens with zero attached hydrogens (tertiary/aromatic N) is 2. The number of halogens is 1. The fourth-order valence-corrected chi connectivity index (χ4v) is 4.85. The van der Waals surface area contributed by atoms with Crippen LogP contribution in [0.3, 0.4) is 0 Å². The minimum atomic E-state index is -3.03. The number of hydrogen-bond donors (Lipinski definition) is 1. The van der Waals surface area contributed by atoms with Gasteiger partial charge in [-0.05, 0) is 39.3 Å². The van der Waals surface area contributed by atoms with E-state index in [4.69, 9.17) is 4.99 Å². The topological polar surface area (TPSA) is 61.8 Å². The van der Waals surface area contributed by atoms with Crippen LogP contribution in [-0.4, -0.2) is 49.4 Å². The van der Waals surface area contributed by atoms with Crippen molar-refractivity contribution in [1.82, 2.24) is 10.2 Å². The molecule has 0 aromatic carbocycles. The number of aliphatic imine (C=N–C) groups is 1. The summed E-state index contributed by atoms with van der Waals surface area (Å²) in [5, 5.41) is 3.29. The van der Waals surface area contributed by atoms with Gasteiger partial charge in [-0.1, -0.05) is 6.92 Å². The van der Waals surface area contributed by atoms with Crippen molar-refractivity contribution in [2.45, 2.75) is 45.4 Å². The van der Waals surface area contributed by atoms with E-state index in [1.54, 1.807) is 25.2 Å². The van der Waals surface area contributed by atoms with E-state index in [0.29, 0.717) is 19.6 Å². The molecule has 1 fully saturated rings. The zero-order valence-corrected chi connectivity index (χ0v) is 18.8. The third kappa shape index (κ3) is 5.08. The maximum atomic E-state index is 12.2. The third-order valence-electron chi connectivity index (χ3n) is 4.13. The van der Waals surface area contributed by atoms with Gasteiger partial charge in [0, 0.05) is 29.4 Å². The number of sulfone groups is 1. The minimum absolute atomic E-state index is 0. The molecule has 1 N–H and O–H groups in total. The van der Waals surface area contributed by atoms with Crippen LogP contribution in [0.4, 0.5) is 0 Å². The molecule has 2 heterocycles. The lowest BCUT2D eigenvalue weighted by atomic mass is 10.2. The number of rotatable bonds is 4. The van der Waals surface area contributed by atoms with Gasteiger partial charge in [0.2, 0.25) is 0 Å². The van der Waals surface area contributed by atoms with Crippen molar-refractivity contribution >= 4 is 51.1 Å². The van der Waals surface area contributed by atoms with Crippen molar-refractivity contribution < 1.29 is 8.42 Å². The first-order valence-electron chi connectivity index (χ1n) is 8.12. The molecular formula is C16H28IN3O2S2. The number of thiophene rings is 1. The van der Waals surface area contributed by atoms with Crippen LogP contribution in [0.2, 0.25) is 0 Å². The van der Waals surface area contributed by atoms with Gasteiger partial charge >= 0.3 is 0 Å². The molecule has 1 aliphatic rings. The molecule has 24 heavy (non-hydrogen) atoms. The zero-order chi connectivity index (χ0) is 17.1. The lowest BCUT2D eigenvalue weighted by Gasteiger charge is -2.39. The van der Waals surface area contributed by atoms with Gasteiger partial charge < -0.3 is 10.2 Å². The van der Waals surface area contributed by atoms with Crippen molar-refractivity contribution in [2.75, 3.05) is 25.4 Å². The molecule has 1 aromatic heterocycles. The van der Waals surface area contributed by atoms with Gasteiger partial charge in [-0.3, -0.25) is 0 Å². The Morgan fingerprint density at radius 2 is 2.00 bits per heavy atom. The molecule has 5 nitrogen and oxygen atoms in total. The predicted octanol–water partition coefficient (Wildman–Crippen LogP) is 2.90. The quantitative estimate of drug-likeness (QED) is 0.405. The lowest BCUT2D eigenvalue weighted by Crippen LogP contribution is -2.57. The molecule has 0 amide bonds. The second-order valence-corrected chi connectivity index (χ2v) is 10.4. The van der Waals surface area contributed by atoms with Crippen LogP contribution in [-0.2, 0) is 22.8 Å². The molecule has 0 aliphatic carbocycles. The highest BCUT2D eigenvalue weighted by Gasteiger charge is 2.40. The predicted molar refractivity (Wildman–Crippen MR) is 113 cm³/mol. The van der Waals surface area contributed by atoms with E-state index in [1.165, 1.54) is 9.75 Å². The van der Waals surface area contributed by atoms with E-state index in [2.05, 4.69) is 29.3 Å². The molecule has 0 radical (unpaired) electrons. The first-order valence-corrected chi connectivity index (χ1v) is 10.6. The summed E-state index contributed by atoms with van der Waals surface area (Å²) in [6.45, 7) is 10.2. The summed E-state index contributed by atoms with van der Waals surface area (Å²) in [5.41, 5.74) is 0. The molecule has 0 spiro atoms. The van der Waals surface area contributed by atoms with Crippen molar-refractivity contribution in [3.05, 3.63) is 21.9 Å². The molecule has 1 aromatic rings. The molecule has 0 unspecified atom stereocenters. The average molecular weight is 485 g/mol. The monoisotopic (exact) mass is 485 g/mol. The van der Waals surface area contributed by atoms with Crippen LogP contribution >= 0.6 is 35.3 Å². The lowest BCUT2D eigenvalue weighted by molar-refractivity contribution is 0.353. The Bertz CT molecular complexity index is 669. The van der Waals surface area contributed by atoms with Crippen molar-refractivity contribution in [2.24, 2.45) is 4.99 Å². The molecule has 0 saturated carbocycles. The molecular weight excluding hydrogens is 457 g/mol. The first-order chi connectivity index (χ1) is 10.8. The first kappa shape index (κ1) is 21.7. The second kappa shape index (κ2) is 8.84. The van der Waals surface area contributed by atoms with Crippen LogP contribution in [0.1, 0.15) is 37.4 Å². The highest BCUT2D eigenvalue weighted by Crippen LogP contribution is 2.24. The van der Waals surface area contributed by atoms with Crippen LogP contribution in [0.15, 0.2) is 17.1 Å². The van der Waals surface area contributed by atoms with Crippen LogP contribution in [0.5, 0.6) is 0 Å². The molecule has 2 rings (SSSR count). The van der Waals surface area contributed by atoms with Crippen molar-refractivity contribution in [3.8, 4) is 0 Å². The average Bonchev–Trinajstić information content (AvgIpc) is 2.94. The normalized spacial score (nSPS) is 19.7. The highest BCUT2D eigenvalue weighted by molar-refractivity contribution is 14.0. The Morgan fingerprint density at radius 3 is 2.54 bits per heavy atom. The number of hydrogen-bond acceptors (Lipinski definition) is 4. The van der Waals surface area contributed by atoms with Gasteiger partial charge in [-0.25, -0.2) is 13.4 Å². The smallest absolute Gasteiger partial charge is 0.194 e. The van der Waals surface area contributed by atoms with Gasteiger partial charge in [0.1, 0.15) is 0 Å². The number of nitrogens with one attached hydrogen (secondary N) is 1. The highest BCUT2D eigenvalue weighted by atomic mass is 127. The minimum Gasteiger partial charge on any atom is -0.357 e. The summed E-state index contributed by atoms with van der Waals surface area (Å²) in [5.74, 6) is 0.991. The number of aryl methyl sites for hydroxylation is 1. The summed E-state index contributed by atoms with van der Waals surface area (Å²) < 4.78 is 23.6. The van der Waals surface area contributed by atoms with Crippen LogP contribution in [0, 0.1) is 0 Å². The molecule has 0 atom stereocenters. The van der Waals surface area contributed by atoms with E-state index in [1.807, 2.05) is 6.92 Å². The van der Waals surface area contributed by atoms with E-state index < -0.39 is 14.6 Å². The second-order valence-electron chi connectivity index (χ2n) is 6.39. The van der Waals surface area contributed by atoms with Gasteiger partial charge in [-0.2, -0.15) is 0 Å². The Hall–Kier alpha value is -0.350. The Morgan fingerprint density at radius 1 is 1.33 bits per heavy atom. The van der Waals surface area contributed by atoms with E-state index in [9.17, 15) is 8.42 Å². The van der Waals surface area contributed by atoms with Crippen LogP contribution < -0.4 is 5.32 Å². The van der Waals surface area contributed by atoms with Gasteiger partial charge in [0.05, 0.1) is 17.0 Å². The van der Waals surface area contributed by atoms with E-state index in [-0.39, 0.29) is 29.7 Å². The Labute approximate surface area is 166 Å². The van der Waals surface area contributed by atoms with Crippen LogP contribution in [0.25, 0.3) is 0 Å². The maximum absolute atomic E-state index is 12.2. The van der Waals surface area contributed by atoms with E-state index in [0.717, 1.165) is 18.9 Å². The van der Waals surface area contributed by atoms with Crippen molar-refractivity contribution in [3.63, 3.8) is 0 Å². The largest absolute Gasteiger partial charge is 0.357 e. The molecule has 8 heteroatoms. The number of guanidine groups is 1. The fraction of sp³-hybridized carbons (Fsp3) is 0.688. The maximum Gasteiger partial charge on any atom is 0.194 e. The van der Waals surface area contributed by atoms with Gasteiger partial charge in [0.25, 0.3) is 0 Å². The Kier molecular flexibility index (Phi) is 7.99. The summed E-state index contributed by atoms with van der Waals surface area (Å²) in [7, 11) is -3.03. The van der Waals surface area contributed by atoms with Gasteiger partial charge in [0.15, 0.2) is 15.8 Å². The summed E-state index contributed by atoms with van der Waals surface area (Å²) in [6.07, 6.45) is 1.05. The van der Waals surface area contributed by atoms with E-state index >= 15 is 0 Å². The molecule has 0 bridgehead atoms. The molecule has 138 valence electrons. The summed E-state index contributed by atoms with van der Waals surface area (Å²) in [6, 6.07) is 4.28.